The number of amides is 1. The second-order valence-electron chi connectivity index (χ2n) is 4.28. The van der Waals surface area contributed by atoms with Crippen molar-refractivity contribution in [3.63, 3.8) is 0 Å². The Labute approximate surface area is 129 Å². The summed E-state index contributed by atoms with van der Waals surface area (Å²) in [5.41, 5.74) is 0.783. The van der Waals surface area contributed by atoms with Gasteiger partial charge in [-0.05, 0) is 20.3 Å². The zero-order valence-corrected chi connectivity index (χ0v) is 13.9. The molecule has 1 heterocycles. The number of thiophene rings is 1. The molecule has 0 fully saturated rings. The van der Waals surface area contributed by atoms with Crippen molar-refractivity contribution in [2.75, 3.05) is 30.7 Å². The van der Waals surface area contributed by atoms with Gasteiger partial charge in [0.1, 0.15) is 18.3 Å². The van der Waals surface area contributed by atoms with Gasteiger partial charge in [0.25, 0.3) is 0 Å². The summed E-state index contributed by atoms with van der Waals surface area (Å²) in [4.78, 5) is 14.6. The van der Waals surface area contributed by atoms with Crippen molar-refractivity contribution in [1.29, 1.82) is 0 Å². The van der Waals surface area contributed by atoms with Crippen molar-refractivity contribution in [2.24, 2.45) is 0 Å². The second kappa shape index (κ2) is 9.21. The highest BCUT2D eigenvalue weighted by Crippen LogP contribution is 2.37. The van der Waals surface area contributed by atoms with Crippen LogP contribution < -0.4 is 9.64 Å². The Kier molecular flexibility index (Phi) is 7.95. The van der Waals surface area contributed by atoms with Crippen LogP contribution in [0.25, 0.3) is 0 Å². The third-order valence-corrected chi connectivity index (χ3v) is 3.88. The highest BCUT2D eigenvalue weighted by Gasteiger charge is 2.22. The van der Waals surface area contributed by atoms with Gasteiger partial charge in [-0.15, -0.1) is 22.9 Å². The number of ether oxygens (including phenoxy) is 2. The molecule has 0 N–H and O–H groups in total. The number of halogens is 1. The third-order valence-electron chi connectivity index (χ3n) is 2.77. The number of rotatable bonds is 9. The van der Waals surface area contributed by atoms with Gasteiger partial charge in [-0.2, -0.15) is 0 Å². The molecule has 1 amide bonds. The van der Waals surface area contributed by atoms with E-state index in [0.717, 1.165) is 29.2 Å². The van der Waals surface area contributed by atoms with Crippen LogP contribution in [0.4, 0.5) is 5.69 Å². The van der Waals surface area contributed by atoms with E-state index in [1.807, 2.05) is 19.2 Å². The molecule has 0 saturated carbocycles. The Morgan fingerprint density at radius 2 is 2.20 bits per heavy atom. The molecule has 0 radical (unpaired) electrons. The normalized spacial score (nSPS) is 10.6. The van der Waals surface area contributed by atoms with Crippen LogP contribution in [0.1, 0.15) is 31.6 Å². The minimum absolute atomic E-state index is 0.0727. The third kappa shape index (κ3) is 4.65. The van der Waals surface area contributed by atoms with Gasteiger partial charge in [-0.3, -0.25) is 9.69 Å². The standard InChI is InChI=1S/C14H22ClNO3S/c1-4-6-7-19-12-9-20-11(3)14(12)16(10-18-5-2)13(17)8-15/h9H,4-8,10H2,1-3H3. The molecule has 0 aliphatic rings. The van der Waals surface area contributed by atoms with Gasteiger partial charge in [0, 0.05) is 16.9 Å². The molecule has 6 heteroatoms. The fourth-order valence-corrected chi connectivity index (χ4v) is 2.63. The molecule has 20 heavy (non-hydrogen) atoms. The van der Waals surface area contributed by atoms with E-state index in [0.29, 0.717) is 13.2 Å². The maximum absolute atomic E-state index is 12.0. The zero-order chi connectivity index (χ0) is 15.0. The number of carbonyl (C=O) groups is 1. The van der Waals surface area contributed by atoms with Crippen molar-refractivity contribution >= 4 is 34.5 Å². The number of hydrogen-bond donors (Lipinski definition) is 0. The van der Waals surface area contributed by atoms with Gasteiger partial charge in [0.2, 0.25) is 5.91 Å². The van der Waals surface area contributed by atoms with Crippen LogP contribution in [-0.4, -0.2) is 31.7 Å². The molecule has 0 aromatic carbocycles. The number of unbranched alkanes of at least 4 members (excludes halogenated alkanes) is 1. The lowest BCUT2D eigenvalue weighted by atomic mass is 10.3. The van der Waals surface area contributed by atoms with Crippen molar-refractivity contribution in [3.8, 4) is 5.75 Å². The summed E-state index contributed by atoms with van der Waals surface area (Å²) in [5, 5.41) is 1.93. The second-order valence-corrected chi connectivity index (χ2v) is 5.64. The molecule has 1 aromatic rings. The van der Waals surface area contributed by atoms with Crippen LogP contribution in [0.3, 0.4) is 0 Å². The molecule has 1 rings (SSSR count). The van der Waals surface area contributed by atoms with E-state index in [2.05, 4.69) is 6.92 Å². The van der Waals surface area contributed by atoms with E-state index < -0.39 is 0 Å². The van der Waals surface area contributed by atoms with Crippen LogP contribution >= 0.6 is 22.9 Å². The topological polar surface area (TPSA) is 38.8 Å². The van der Waals surface area contributed by atoms with Crippen molar-refractivity contribution < 1.29 is 14.3 Å². The van der Waals surface area contributed by atoms with Crippen LogP contribution in [0.15, 0.2) is 5.38 Å². The molecule has 0 unspecified atom stereocenters. The summed E-state index contributed by atoms with van der Waals surface area (Å²) in [5.74, 6) is 0.484. The fraction of sp³-hybridized carbons (Fsp3) is 0.643. The molecule has 0 saturated heterocycles. The minimum Gasteiger partial charge on any atom is -0.491 e. The predicted octanol–water partition coefficient (Wildman–Crippen LogP) is 3.80. The average molecular weight is 320 g/mol. The van der Waals surface area contributed by atoms with Gasteiger partial charge >= 0.3 is 0 Å². The first-order valence-electron chi connectivity index (χ1n) is 6.80. The summed E-state index contributed by atoms with van der Waals surface area (Å²) in [6, 6.07) is 0. The van der Waals surface area contributed by atoms with Crippen LogP contribution in [-0.2, 0) is 9.53 Å². The largest absolute Gasteiger partial charge is 0.491 e. The number of nitrogens with zero attached hydrogens (tertiary/aromatic N) is 1. The van der Waals surface area contributed by atoms with Crippen LogP contribution in [0.5, 0.6) is 5.75 Å². The van der Waals surface area contributed by atoms with E-state index in [-0.39, 0.29) is 18.5 Å². The summed E-state index contributed by atoms with van der Waals surface area (Å²) in [6.07, 6.45) is 2.06. The first-order chi connectivity index (χ1) is 9.65. The molecule has 1 aromatic heterocycles. The highest BCUT2D eigenvalue weighted by atomic mass is 35.5. The summed E-state index contributed by atoms with van der Waals surface area (Å²) in [7, 11) is 0. The molecule has 0 aliphatic heterocycles. The average Bonchev–Trinajstić information content (AvgIpc) is 2.81. The summed E-state index contributed by atoms with van der Waals surface area (Å²) >= 11 is 7.25. The van der Waals surface area contributed by atoms with E-state index in [1.54, 1.807) is 16.2 Å². The molecule has 0 spiro atoms. The first kappa shape index (κ1) is 17.3. The Morgan fingerprint density at radius 1 is 1.45 bits per heavy atom. The maximum Gasteiger partial charge on any atom is 0.243 e. The lowest BCUT2D eigenvalue weighted by Gasteiger charge is -2.23. The monoisotopic (exact) mass is 319 g/mol. The number of anilines is 1. The van der Waals surface area contributed by atoms with Gasteiger partial charge in [0.05, 0.1) is 6.61 Å². The Bertz CT molecular complexity index is 423. The number of aryl methyl sites for hydroxylation is 1. The predicted molar refractivity (Wildman–Crippen MR) is 84.2 cm³/mol. The lowest BCUT2D eigenvalue weighted by molar-refractivity contribution is -0.117. The smallest absolute Gasteiger partial charge is 0.243 e. The van der Waals surface area contributed by atoms with Crippen LogP contribution in [0, 0.1) is 6.92 Å². The van der Waals surface area contributed by atoms with Crippen LogP contribution in [0.2, 0.25) is 0 Å². The molecular weight excluding hydrogens is 298 g/mol. The summed E-state index contributed by atoms with van der Waals surface area (Å²) < 4.78 is 11.1. The SMILES string of the molecule is CCCCOc1csc(C)c1N(COCC)C(=O)CCl. The number of alkyl halides is 1. The molecule has 4 nitrogen and oxygen atoms in total. The van der Waals surface area contributed by atoms with Crippen molar-refractivity contribution in [3.05, 3.63) is 10.3 Å². The molecule has 0 atom stereocenters. The van der Waals surface area contributed by atoms with Gasteiger partial charge in [-0.1, -0.05) is 13.3 Å². The van der Waals surface area contributed by atoms with Gasteiger partial charge < -0.3 is 9.47 Å². The van der Waals surface area contributed by atoms with E-state index in [1.165, 1.54) is 0 Å². The summed E-state index contributed by atoms with van der Waals surface area (Å²) in [6.45, 7) is 7.36. The van der Waals surface area contributed by atoms with E-state index in [4.69, 9.17) is 21.1 Å². The van der Waals surface area contributed by atoms with Crippen molar-refractivity contribution in [2.45, 2.75) is 33.6 Å². The minimum atomic E-state index is -0.179. The Balaban J connectivity index is 2.92. The molecule has 0 bridgehead atoms. The highest BCUT2D eigenvalue weighted by molar-refractivity contribution is 7.10. The number of hydrogen-bond acceptors (Lipinski definition) is 4. The molecule has 0 aliphatic carbocycles. The van der Waals surface area contributed by atoms with E-state index >= 15 is 0 Å². The quantitative estimate of drug-likeness (QED) is 0.395. The lowest BCUT2D eigenvalue weighted by Crippen LogP contribution is -2.34. The van der Waals surface area contributed by atoms with E-state index in [9.17, 15) is 4.79 Å². The Morgan fingerprint density at radius 3 is 2.80 bits per heavy atom. The first-order valence-corrected chi connectivity index (χ1v) is 8.22. The zero-order valence-electron chi connectivity index (χ0n) is 12.3. The van der Waals surface area contributed by atoms with Crippen molar-refractivity contribution in [1.82, 2.24) is 0 Å². The Hall–Kier alpha value is -0.780. The number of carbonyl (C=O) groups excluding carboxylic acids is 1. The van der Waals surface area contributed by atoms with Gasteiger partial charge in [-0.25, -0.2) is 0 Å². The van der Waals surface area contributed by atoms with Gasteiger partial charge in [0.15, 0.2) is 5.75 Å². The molecule has 114 valence electrons. The fourth-order valence-electron chi connectivity index (χ4n) is 1.69. The molecular formula is C14H22ClNO3S. The maximum atomic E-state index is 12.0.